The van der Waals surface area contributed by atoms with Crippen LogP contribution in [0.3, 0.4) is 0 Å². The van der Waals surface area contributed by atoms with E-state index in [-0.39, 0.29) is 9.79 Å². The fraction of sp³-hybridized carbons (Fsp3) is 0.500. The Balaban J connectivity index is 3.16. The molecule has 0 aliphatic rings. The van der Waals surface area contributed by atoms with Crippen LogP contribution in [0.4, 0.5) is 0 Å². The lowest BCUT2D eigenvalue weighted by Gasteiger charge is -2.15. The summed E-state index contributed by atoms with van der Waals surface area (Å²) in [6.07, 6.45) is 1.96. The topological polar surface area (TPSA) is 94.3 Å². The van der Waals surface area contributed by atoms with Gasteiger partial charge in [-0.15, -0.1) is 0 Å². The van der Waals surface area contributed by atoms with Crippen LogP contribution in [0.25, 0.3) is 0 Å². The average molecular weight is 305 g/mol. The van der Waals surface area contributed by atoms with Crippen LogP contribution in [-0.4, -0.2) is 34.9 Å². The highest BCUT2D eigenvalue weighted by molar-refractivity contribution is 7.92. The van der Waals surface area contributed by atoms with Crippen LogP contribution in [-0.2, 0) is 19.7 Å². The zero-order valence-electron chi connectivity index (χ0n) is 11.0. The quantitative estimate of drug-likeness (QED) is 0.846. The molecular weight excluding hydrogens is 286 g/mol. The second kappa shape index (κ2) is 6.02. The lowest BCUT2D eigenvalue weighted by Crippen LogP contribution is -2.24. The number of benzene rings is 1. The molecule has 0 bridgehead atoms. The van der Waals surface area contributed by atoms with Crippen LogP contribution >= 0.6 is 0 Å². The lowest BCUT2D eigenvalue weighted by atomic mass is 10.2. The molecule has 7 heteroatoms. The second-order valence-electron chi connectivity index (χ2n) is 4.40. The van der Waals surface area contributed by atoms with Gasteiger partial charge in [0.1, 0.15) is 0 Å². The Morgan fingerprint density at radius 3 is 1.89 bits per heavy atom. The number of hydrogen-bond donors (Lipinski definition) is 1. The predicted octanol–water partition coefficient (Wildman–Crippen LogP) is 0.991. The molecule has 1 atom stereocenters. The van der Waals surface area contributed by atoms with Crippen molar-refractivity contribution in [2.45, 2.75) is 34.8 Å². The first-order valence-corrected chi connectivity index (χ1v) is 9.41. The van der Waals surface area contributed by atoms with Gasteiger partial charge in [-0.3, -0.25) is 0 Å². The summed E-state index contributed by atoms with van der Waals surface area (Å²) in [5.74, 6) is 0. The molecule has 1 rings (SSSR count). The van der Waals surface area contributed by atoms with Crippen molar-refractivity contribution in [3.63, 3.8) is 0 Å². The number of hydrogen-bond acceptors (Lipinski definition) is 5. The van der Waals surface area contributed by atoms with Crippen LogP contribution in [0.1, 0.15) is 19.8 Å². The molecule has 1 unspecified atom stereocenters. The van der Waals surface area contributed by atoms with Gasteiger partial charge in [-0.25, -0.2) is 16.8 Å². The fourth-order valence-corrected chi connectivity index (χ4v) is 4.25. The van der Waals surface area contributed by atoms with Crippen molar-refractivity contribution in [1.82, 2.24) is 0 Å². The molecule has 0 fully saturated rings. The lowest BCUT2D eigenvalue weighted by molar-refractivity contribution is 0.567. The highest BCUT2D eigenvalue weighted by atomic mass is 32.2. The van der Waals surface area contributed by atoms with Gasteiger partial charge >= 0.3 is 0 Å². The largest absolute Gasteiger partial charge is 0.330 e. The van der Waals surface area contributed by atoms with Gasteiger partial charge in [0.2, 0.25) is 0 Å². The van der Waals surface area contributed by atoms with Crippen molar-refractivity contribution >= 4 is 19.7 Å². The van der Waals surface area contributed by atoms with E-state index < -0.39 is 24.9 Å². The normalized spacial score (nSPS) is 14.3. The van der Waals surface area contributed by atoms with E-state index in [4.69, 9.17) is 5.73 Å². The molecule has 0 saturated carbocycles. The van der Waals surface area contributed by atoms with E-state index in [1.165, 1.54) is 24.3 Å². The predicted molar refractivity (Wildman–Crippen MR) is 74.5 cm³/mol. The van der Waals surface area contributed by atoms with E-state index in [0.717, 1.165) is 6.26 Å². The average Bonchev–Trinajstić information content (AvgIpc) is 2.34. The van der Waals surface area contributed by atoms with Gasteiger partial charge in [0.05, 0.1) is 15.0 Å². The first-order valence-electron chi connectivity index (χ1n) is 5.97. The van der Waals surface area contributed by atoms with E-state index in [9.17, 15) is 16.8 Å². The molecule has 0 aliphatic heterocycles. The summed E-state index contributed by atoms with van der Waals surface area (Å²) in [6, 6.07) is 5.31. The van der Waals surface area contributed by atoms with E-state index in [2.05, 4.69) is 0 Å². The molecule has 19 heavy (non-hydrogen) atoms. The molecule has 2 N–H and O–H groups in total. The van der Waals surface area contributed by atoms with E-state index in [1.54, 1.807) is 6.92 Å². The van der Waals surface area contributed by atoms with E-state index in [1.807, 2.05) is 0 Å². The van der Waals surface area contributed by atoms with Gasteiger partial charge < -0.3 is 5.73 Å². The molecule has 0 spiro atoms. The monoisotopic (exact) mass is 305 g/mol. The summed E-state index contributed by atoms with van der Waals surface area (Å²) in [6.45, 7) is 2.10. The standard InChI is InChI=1S/C12H19NO4S2/c1-3-10(8-9-13)19(16,17)12-6-4-11(5-7-12)18(2,14)15/h4-7,10H,3,8-9,13H2,1-2H3. The summed E-state index contributed by atoms with van der Waals surface area (Å²) in [7, 11) is -6.77. The minimum absolute atomic E-state index is 0.110. The summed E-state index contributed by atoms with van der Waals surface area (Å²) >= 11 is 0. The van der Waals surface area contributed by atoms with Gasteiger partial charge in [0, 0.05) is 6.26 Å². The van der Waals surface area contributed by atoms with E-state index >= 15 is 0 Å². The van der Waals surface area contributed by atoms with Crippen LogP contribution < -0.4 is 5.73 Å². The number of rotatable bonds is 6. The van der Waals surface area contributed by atoms with Crippen LogP contribution in [0, 0.1) is 0 Å². The molecule has 0 saturated heterocycles. The van der Waals surface area contributed by atoms with Gasteiger partial charge in [-0.1, -0.05) is 6.92 Å². The molecule has 0 aliphatic carbocycles. The smallest absolute Gasteiger partial charge is 0.181 e. The zero-order valence-corrected chi connectivity index (χ0v) is 12.7. The molecular formula is C12H19NO4S2. The third-order valence-electron chi connectivity index (χ3n) is 2.96. The second-order valence-corrected chi connectivity index (χ2v) is 8.64. The molecule has 1 aromatic carbocycles. The maximum atomic E-state index is 12.3. The molecule has 108 valence electrons. The zero-order chi connectivity index (χ0) is 14.7. The molecule has 0 amide bonds. The maximum absolute atomic E-state index is 12.3. The molecule has 5 nitrogen and oxygen atoms in total. The van der Waals surface area contributed by atoms with Gasteiger partial charge in [0.25, 0.3) is 0 Å². The maximum Gasteiger partial charge on any atom is 0.181 e. The number of sulfone groups is 2. The first-order chi connectivity index (χ1) is 8.73. The summed E-state index contributed by atoms with van der Waals surface area (Å²) in [5, 5.41) is -0.526. The fourth-order valence-electron chi connectivity index (χ4n) is 1.83. The molecule has 0 radical (unpaired) electrons. The Hall–Kier alpha value is -0.920. The Kier molecular flexibility index (Phi) is 5.11. The Morgan fingerprint density at radius 2 is 1.53 bits per heavy atom. The third-order valence-corrected chi connectivity index (χ3v) is 6.47. The van der Waals surface area contributed by atoms with Crippen LogP contribution in [0.2, 0.25) is 0 Å². The van der Waals surface area contributed by atoms with Crippen molar-refractivity contribution in [3.8, 4) is 0 Å². The van der Waals surface area contributed by atoms with Crippen molar-refractivity contribution in [3.05, 3.63) is 24.3 Å². The SMILES string of the molecule is CCC(CCN)S(=O)(=O)c1ccc(S(C)(=O)=O)cc1. The van der Waals surface area contributed by atoms with E-state index in [0.29, 0.717) is 19.4 Å². The molecule has 1 aromatic rings. The van der Waals surface area contributed by atoms with Gasteiger partial charge in [-0.05, 0) is 43.7 Å². The van der Waals surface area contributed by atoms with Crippen LogP contribution in [0.5, 0.6) is 0 Å². The Labute approximate surface area is 114 Å². The summed E-state index contributed by atoms with van der Waals surface area (Å²) < 4.78 is 47.3. The minimum Gasteiger partial charge on any atom is -0.330 e. The third kappa shape index (κ3) is 3.77. The van der Waals surface area contributed by atoms with Crippen molar-refractivity contribution in [1.29, 1.82) is 0 Å². The summed E-state index contributed by atoms with van der Waals surface area (Å²) in [5.41, 5.74) is 5.42. The molecule has 0 aromatic heterocycles. The van der Waals surface area contributed by atoms with Crippen molar-refractivity contribution in [2.24, 2.45) is 5.73 Å². The van der Waals surface area contributed by atoms with Crippen LogP contribution in [0.15, 0.2) is 34.1 Å². The Morgan fingerprint density at radius 1 is 1.05 bits per heavy atom. The summed E-state index contributed by atoms with van der Waals surface area (Å²) in [4.78, 5) is 0.249. The molecule has 0 heterocycles. The van der Waals surface area contributed by atoms with Crippen molar-refractivity contribution in [2.75, 3.05) is 12.8 Å². The minimum atomic E-state index is -3.45. The van der Waals surface area contributed by atoms with Crippen molar-refractivity contribution < 1.29 is 16.8 Å². The number of nitrogens with two attached hydrogens (primary N) is 1. The van der Waals surface area contributed by atoms with Gasteiger partial charge in [-0.2, -0.15) is 0 Å². The highest BCUT2D eigenvalue weighted by Gasteiger charge is 2.25. The first kappa shape index (κ1) is 16.1. The van der Waals surface area contributed by atoms with Gasteiger partial charge in [0.15, 0.2) is 19.7 Å². The Bertz CT molecular complexity index is 618. The highest BCUT2D eigenvalue weighted by Crippen LogP contribution is 2.22.